The number of hydrogen-bond donors (Lipinski definition) is 1. The van der Waals surface area contributed by atoms with Crippen LogP contribution in [0.5, 0.6) is 0 Å². The van der Waals surface area contributed by atoms with Gasteiger partial charge in [0.2, 0.25) is 0 Å². The van der Waals surface area contributed by atoms with Crippen molar-refractivity contribution >= 4 is 23.3 Å². The van der Waals surface area contributed by atoms with Crippen molar-refractivity contribution in [1.29, 1.82) is 0 Å². The first-order chi connectivity index (χ1) is 9.61. The summed E-state index contributed by atoms with van der Waals surface area (Å²) in [5.41, 5.74) is 1.87. The van der Waals surface area contributed by atoms with Gasteiger partial charge in [-0.1, -0.05) is 11.6 Å². The molecule has 0 aliphatic heterocycles. The van der Waals surface area contributed by atoms with Crippen molar-refractivity contribution in [2.45, 2.75) is 13.0 Å². The van der Waals surface area contributed by atoms with E-state index in [4.69, 9.17) is 11.6 Å². The monoisotopic (exact) mass is 291 g/mol. The minimum Gasteiger partial charge on any atom is -0.465 e. The molecule has 1 N–H and O–H groups in total. The van der Waals surface area contributed by atoms with E-state index in [0.717, 1.165) is 5.69 Å². The van der Waals surface area contributed by atoms with E-state index in [1.807, 2.05) is 6.92 Å². The second-order valence-corrected chi connectivity index (χ2v) is 4.59. The molecule has 0 radical (unpaired) electrons. The molecule has 0 fully saturated rings. The third-order valence-corrected chi connectivity index (χ3v) is 3.12. The van der Waals surface area contributed by atoms with Crippen LogP contribution in [0.1, 0.15) is 29.0 Å². The van der Waals surface area contributed by atoms with Crippen molar-refractivity contribution in [2.75, 3.05) is 12.4 Å². The van der Waals surface area contributed by atoms with Gasteiger partial charge < -0.3 is 10.1 Å². The van der Waals surface area contributed by atoms with E-state index in [1.54, 1.807) is 36.8 Å². The predicted octanol–water partition coefficient (Wildman–Crippen LogP) is 3.09. The third-order valence-electron chi connectivity index (χ3n) is 2.79. The van der Waals surface area contributed by atoms with Crippen molar-refractivity contribution in [1.82, 2.24) is 9.97 Å². The Labute approximate surface area is 122 Å². The quantitative estimate of drug-likeness (QED) is 0.877. The molecule has 20 heavy (non-hydrogen) atoms. The molecule has 0 bridgehead atoms. The lowest BCUT2D eigenvalue weighted by atomic mass is 10.1. The van der Waals surface area contributed by atoms with Crippen LogP contribution in [-0.4, -0.2) is 23.0 Å². The van der Waals surface area contributed by atoms with Gasteiger partial charge >= 0.3 is 5.97 Å². The van der Waals surface area contributed by atoms with Gasteiger partial charge in [0.25, 0.3) is 0 Å². The number of nitrogens with zero attached hydrogens (tertiary/aromatic N) is 2. The second kappa shape index (κ2) is 6.34. The Morgan fingerprint density at radius 2 is 2.20 bits per heavy atom. The molecule has 0 aliphatic rings. The SMILES string of the molecule is COC(=O)c1ccc(Cl)c(NC(C)c2cnccn2)c1. The van der Waals surface area contributed by atoms with E-state index in [0.29, 0.717) is 16.3 Å². The number of methoxy groups -OCH3 is 1. The van der Waals surface area contributed by atoms with Crippen LogP contribution in [-0.2, 0) is 4.74 Å². The van der Waals surface area contributed by atoms with E-state index in [9.17, 15) is 4.79 Å². The molecule has 0 spiro atoms. The largest absolute Gasteiger partial charge is 0.465 e. The Kier molecular flexibility index (Phi) is 4.53. The normalized spacial score (nSPS) is 11.8. The molecule has 0 aliphatic carbocycles. The molecule has 2 aromatic rings. The van der Waals surface area contributed by atoms with Crippen molar-refractivity contribution in [3.63, 3.8) is 0 Å². The maximum atomic E-state index is 11.5. The molecule has 5 nitrogen and oxygen atoms in total. The molecular formula is C14H14ClN3O2. The Morgan fingerprint density at radius 3 is 2.85 bits per heavy atom. The fourth-order valence-corrected chi connectivity index (χ4v) is 1.89. The summed E-state index contributed by atoms with van der Waals surface area (Å²) in [6.07, 6.45) is 4.91. The maximum Gasteiger partial charge on any atom is 0.337 e. The van der Waals surface area contributed by atoms with Gasteiger partial charge in [-0.05, 0) is 25.1 Å². The molecule has 6 heteroatoms. The number of anilines is 1. The first kappa shape index (κ1) is 14.3. The molecular weight excluding hydrogens is 278 g/mol. The molecule has 0 amide bonds. The fraction of sp³-hybridized carbons (Fsp3) is 0.214. The lowest BCUT2D eigenvalue weighted by Crippen LogP contribution is -2.10. The summed E-state index contributed by atoms with van der Waals surface area (Å²) in [6, 6.07) is 4.83. The highest BCUT2D eigenvalue weighted by Gasteiger charge is 2.12. The molecule has 0 saturated carbocycles. The summed E-state index contributed by atoms with van der Waals surface area (Å²) < 4.78 is 4.69. The van der Waals surface area contributed by atoms with Gasteiger partial charge in [-0.3, -0.25) is 9.97 Å². The molecule has 1 unspecified atom stereocenters. The predicted molar refractivity (Wildman–Crippen MR) is 76.9 cm³/mol. The molecule has 1 aromatic carbocycles. The highest BCUT2D eigenvalue weighted by atomic mass is 35.5. The van der Waals surface area contributed by atoms with Crippen LogP contribution < -0.4 is 5.32 Å². The molecule has 1 aromatic heterocycles. The van der Waals surface area contributed by atoms with Crippen molar-refractivity contribution in [2.24, 2.45) is 0 Å². The Bertz CT molecular complexity index is 605. The smallest absolute Gasteiger partial charge is 0.337 e. The van der Waals surface area contributed by atoms with Crippen LogP contribution in [0.3, 0.4) is 0 Å². The first-order valence-electron chi connectivity index (χ1n) is 6.02. The maximum absolute atomic E-state index is 11.5. The van der Waals surface area contributed by atoms with Gasteiger partial charge in [0.15, 0.2) is 0 Å². The fourth-order valence-electron chi connectivity index (χ4n) is 1.72. The minimum atomic E-state index is -0.406. The zero-order valence-electron chi connectivity index (χ0n) is 11.1. The van der Waals surface area contributed by atoms with Gasteiger partial charge in [0, 0.05) is 12.4 Å². The van der Waals surface area contributed by atoms with E-state index >= 15 is 0 Å². The number of ether oxygens (including phenoxy) is 1. The van der Waals surface area contributed by atoms with Gasteiger partial charge in [0.1, 0.15) is 0 Å². The van der Waals surface area contributed by atoms with Crippen LogP contribution in [0.2, 0.25) is 5.02 Å². The summed E-state index contributed by atoms with van der Waals surface area (Å²) in [5.74, 6) is -0.406. The number of carbonyl (C=O) groups is 1. The summed E-state index contributed by atoms with van der Waals surface area (Å²) >= 11 is 6.12. The van der Waals surface area contributed by atoms with Gasteiger partial charge in [-0.25, -0.2) is 4.79 Å². The number of hydrogen-bond acceptors (Lipinski definition) is 5. The Balaban J connectivity index is 2.22. The number of esters is 1. The molecule has 2 rings (SSSR count). The van der Waals surface area contributed by atoms with Crippen molar-refractivity contribution in [3.05, 3.63) is 53.1 Å². The Morgan fingerprint density at radius 1 is 1.40 bits per heavy atom. The van der Waals surface area contributed by atoms with Gasteiger partial charge in [-0.15, -0.1) is 0 Å². The topological polar surface area (TPSA) is 64.1 Å². The van der Waals surface area contributed by atoms with Crippen LogP contribution in [0.25, 0.3) is 0 Å². The lowest BCUT2D eigenvalue weighted by molar-refractivity contribution is 0.0601. The van der Waals surface area contributed by atoms with E-state index in [2.05, 4.69) is 20.0 Å². The second-order valence-electron chi connectivity index (χ2n) is 4.18. The summed E-state index contributed by atoms with van der Waals surface area (Å²) in [4.78, 5) is 19.8. The van der Waals surface area contributed by atoms with Gasteiger partial charge in [-0.2, -0.15) is 0 Å². The van der Waals surface area contributed by atoms with Crippen molar-refractivity contribution < 1.29 is 9.53 Å². The highest BCUT2D eigenvalue weighted by molar-refractivity contribution is 6.33. The zero-order chi connectivity index (χ0) is 14.5. The number of carbonyl (C=O) groups excluding carboxylic acids is 1. The average molecular weight is 292 g/mol. The number of rotatable bonds is 4. The first-order valence-corrected chi connectivity index (χ1v) is 6.40. The summed E-state index contributed by atoms with van der Waals surface area (Å²) in [7, 11) is 1.34. The van der Waals surface area contributed by atoms with E-state index in [-0.39, 0.29) is 6.04 Å². The lowest BCUT2D eigenvalue weighted by Gasteiger charge is -2.16. The number of halogens is 1. The standard InChI is InChI=1S/C14H14ClN3O2/c1-9(13-8-16-5-6-17-13)18-12-7-10(14(19)20-2)3-4-11(12)15/h3-9,18H,1-2H3. The minimum absolute atomic E-state index is 0.0888. The van der Waals surface area contributed by atoms with Crippen molar-refractivity contribution in [3.8, 4) is 0 Å². The number of nitrogens with one attached hydrogen (secondary N) is 1. The number of benzene rings is 1. The summed E-state index contributed by atoms with van der Waals surface area (Å²) in [5, 5.41) is 3.73. The van der Waals surface area contributed by atoms with Crippen LogP contribution in [0.4, 0.5) is 5.69 Å². The molecule has 104 valence electrons. The van der Waals surface area contributed by atoms with E-state index in [1.165, 1.54) is 7.11 Å². The zero-order valence-corrected chi connectivity index (χ0v) is 11.9. The van der Waals surface area contributed by atoms with Gasteiger partial charge in [0.05, 0.1) is 41.3 Å². The molecule has 1 atom stereocenters. The number of aromatic nitrogens is 2. The van der Waals surface area contributed by atoms with Crippen LogP contribution >= 0.6 is 11.6 Å². The Hall–Kier alpha value is -2.14. The third kappa shape index (κ3) is 3.24. The summed E-state index contributed by atoms with van der Waals surface area (Å²) in [6.45, 7) is 1.94. The highest BCUT2D eigenvalue weighted by Crippen LogP contribution is 2.26. The molecule has 1 heterocycles. The average Bonchev–Trinajstić information content (AvgIpc) is 2.49. The van der Waals surface area contributed by atoms with Crippen LogP contribution in [0, 0.1) is 0 Å². The molecule has 0 saturated heterocycles. The van der Waals surface area contributed by atoms with Crippen LogP contribution in [0.15, 0.2) is 36.8 Å². The van der Waals surface area contributed by atoms with E-state index < -0.39 is 5.97 Å².